The monoisotopic (exact) mass is 460 g/mol. The Bertz CT molecular complexity index is 1110. The number of rotatable bonds is 4. The van der Waals surface area contributed by atoms with Crippen molar-refractivity contribution in [1.29, 1.82) is 0 Å². The average molecular weight is 461 g/mol. The Kier molecular flexibility index (Phi) is 6.38. The molecule has 2 amide bonds. The summed E-state index contributed by atoms with van der Waals surface area (Å²) in [5.41, 5.74) is 2.36. The highest BCUT2D eigenvalue weighted by Gasteiger charge is 2.54. The summed E-state index contributed by atoms with van der Waals surface area (Å²) in [5.74, 6) is 6.40. The van der Waals surface area contributed by atoms with Gasteiger partial charge in [-0.1, -0.05) is 36.8 Å². The topological polar surface area (TPSA) is 60.9 Å². The van der Waals surface area contributed by atoms with E-state index < -0.39 is 5.82 Å². The molecule has 2 saturated heterocycles. The highest BCUT2D eigenvalue weighted by molar-refractivity contribution is 5.97. The molecule has 2 heterocycles. The van der Waals surface area contributed by atoms with Gasteiger partial charge in [0.25, 0.3) is 5.91 Å². The van der Waals surface area contributed by atoms with Gasteiger partial charge < -0.3 is 14.9 Å². The van der Waals surface area contributed by atoms with Gasteiger partial charge in [-0.05, 0) is 60.7 Å². The van der Waals surface area contributed by atoms with Gasteiger partial charge in [0.05, 0.1) is 18.7 Å². The van der Waals surface area contributed by atoms with Crippen LogP contribution < -0.4 is 0 Å². The van der Waals surface area contributed by atoms with Gasteiger partial charge in [0.2, 0.25) is 5.91 Å². The fourth-order valence-corrected chi connectivity index (χ4v) is 5.73. The van der Waals surface area contributed by atoms with Crippen LogP contribution in [0.25, 0.3) is 0 Å². The molecule has 6 heteroatoms. The molecule has 0 spiro atoms. The Labute approximate surface area is 199 Å². The number of aliphatic hydroxyl groups excluding tert-OH is 1. The molecule has 3 fully saturated rings. The van der Waals surface area contributed by atoms with Crippen LogP contribution in [0.5, 0.6) is 0 Å². The molecule has 2 aromatic rings. The fraction of sp³-hybridized carbons (Fsp3) is 0.429. The molecule has 2 aromatic carbocycles. The molecule has 1 aliphatic carbocycles. The first-order valence-corrected chi connectivity index (χ1v) is 12.1. The summed E-state index contributed by atoms with van der Waals surface area (Å²) in [6.45, 7) is 0.222. The molecule has 5 rings (SSSR count). The Balaban J connectivity index is 1.29. The first kappa shape index (κ1) is 22.6. The first-order chi connectivity index (χ1) is 16.5. The minimum absolute atomic E-state index is 0.0363. The lowest BCUT2D eigenvalue weighted by atomic mass is 9.73. The van der Waals surface area contributed by atoms with E-state index in [4.69, 9.17) is 0 Å². The molecule has 1 N–H and O–H groups in total. The molecular formula is C28H29FN2O3. The number of nitrogens with zero attached hydrogens (tertiary/aromatic N) is 2. The van der Waals surface area contributed by atoms with E-state index in [0.29, 0.717) is 12.1 Å². The van der Waals surface area contributed by atoms with E-state index in [1.54, 1.807) is 4.90 Å². The lowest BCUT2D eigenvalue weighted by Crippen LogP contribution is -2.73. The molecule has 2 aliphatic heterocycles. The Hall–Kier alpha value is -3.17. The zero-order valence-corrected chi connectivity index (χ0v) is 19.1. The number of amides is 2. The van der Waals surface area contributed by atoms with E-state index in [-0.39, 0.29) is 43.0 Å². The SMILES string of the molecule is O=C(c1ccc(F)cc1)N1CC(=O)N2[C@@H](CO)[C@H](c3ccc(C#CCC4CCCC4)cc3)[C@@H]2C1. The third kappa shape index (κ3) is 4.33. The normalized spacial score (nSPS) is 24.3. The van der Waals surface area contributed by atoms with Crippen molar-refractivity contribution in [3.63, 3.8) is 0 Å². The summed E-state index contributed by atoms with van der Waals surface area (Å²) in [7, 11) is 0. The van der Waals surface area contributed by atoms with Crippen LogP contribution in [0.3, 0.4) is 0 Å². The van der Waals surface area contributed by atoms with E-state index in [1.807, 2.05) is 24.3 Å². The van der Waals surface area contributed by atoms with Crippen LogP contribution in [0, 0.1) is 23.6 Å². The second-order valence-electron chi connectivity index (χ2n) is 9.62. The van der Waals surface area contributed by atoms with Crippen LogP contribution in [-0.4, -0.2) is 58.5 Å². The van der Waals surface area contributed by atoms with Crippen LogP contribution in [0.15, 0.2) is 48.5 Å². The molecule has 3 aliphatic rings. The fourth-order valence-electron chi connectivity index (χ4n) is 5.73. The van der Waals surface area contributed by atoms with Gasteiger partial charge in [-0.15, -0.1) is 0 Å². The van der Waals surface area contributed by atoms with E-state index in [2.05, 4.69) is 11.8 Å². The number of aliphatic hydroxyl groups is 1. The Morgan fingerprint density at radius 2 is 1.76 bits per heavy atom. The lowest BCUT2D eigenvalue weighted by molar-refractivity contribution is -0.159. The van der Waals surface area contributed by atoms with Crippen LogP contribution in [0.4, 0.5) is 4.39 Å². The Morgan fingerprint density at radius 1 is 1.06 bits per heavy atom. The van der Waals surface area contributed by atoms with E-state index in [1.165, 1.54) is 54.8 Å². The predicted octanol–water partition coefficient (Wildman–Crippen LogP) is 3.57. The second-order valence-corrected chi connectivity index (χ2v) is 9.62. The number of benzene rings is 2. The van der Waals surface area contributed by atoms with Crippen molar-refractivity contribution >= 4 is 11.8 Å². The van der Waals surface area contributed by atoms with Gasteiger partial charge in [0, 0.05) is 30.0 Å². The van der Waals surface area contributed by atoms with Gasteiger partial charge >= 0.3 is 0 Å². The highest BCUT2D eigenvalue weighted by atomic mass is 19.1. The number of halogens is 1. The van der Waals surface area contributed by atoms with E-state index >= 15 is 0 Å². The van der Waals surface area contributed by atoms with Crippen molar-refractivity contribution in [3.05, 3.63) is 71.0 Å². The van der Waals surface area contributed by atoms with Crippen LogP contribution in [-0.2, 0) is 4.79 Å². The molecule has 5 nitrogen and oxygen atoms in total. The number of fused-ring (bicyclic) bond motifs is 1. The summed E-state index contributed by atoms with van der Waals surface area (Å²) in [6, 6.07) is 12.9. The van der Waals surface area contributed by atoms with Gasteiger partial charge in [-0.2, -0.15) is 0 Å². The molecule has 0 aromatic heterocycles. The third-order valence-corrected chi connectivity index (χ3v) is 7.52. The van der Waals surface area contributed by atoms with Crippen LogP contribution >= 0.6 is 0 Å². The molecule has 34 heavy (non-hydrogen) atoms. The van der Waals surface area contributed by atoms with Gasteiger partial charge in [-0.3, -0.25) is 9.59 Å². The van der Waals surface area contributed by atoms with Crippen molar-refractivity contribution in [2.24, 2.45) is 5.92 Å². The minimum Gasteiger partial charge on any atom is -0.394 e. The van der Waals surface area contributed by atoms with Crippen LogP contribution in [0.1, 0.15) is 59.5 Å². The maximum Gasteiger partial charge on any atom is 0.254 e. The number of hydrogen-bond acceptors (Lipinski definition) is 3. The van der Waals surface area contributed by atoms with Crippen molar-refractivity contribution in [1.82, 2.24) is 9.80 Å². The Morgan fingerprint density at radius 3 is 2.44 bits per heavy atom. The molecule has 0 unspecified atom stereocenters. The zero-order valence-electron chi connectivity index (χ0n) is 19.1. The number of carbonyl (C=O) groups is 2. The largest absolute Gasteiger partial charge is 0.394 e. The first-order valence-electron chi connectivity index (χ1n) is 12.1. The molecule has 3 atom stereocenters. The molecule has 1 saturated carbocycles. The number of carbonyl (C=O) groups excluding carboxylic acids is 2. The third-order valence-electron chi connectivity index (χ3n) is 7.52. The summed E-state index contributed by atoms with van der Waals surface area (Å²) >= 11 is 0. The van der Waals surface area contributed by atoms with Crippen molar-refractivity contribution in [2.75, 3.05) is 19.7 Å². The van der Waals surface area contributed by atoms with E-state index in [9.17, 15) is 19.1 Å². The summed E-state index contributed by atoms with van der Waals surface area (Å²) < 4.78 is 13.2. The summed E-state index contributed by atoms with van der Waals surface area (Å²) in [4.78, 5) is 29.0. The molecule has 0 radical (unpaired) electrons. The molecule has 0 bridgehead atoms. The maximum absolute atomic E-state index is 13.2. The van der Waals surface area contributed by atoms with Crippen molar-refractivity contribution in [3.8, 4) is 11.8 Å². The number of hydrogen-bond donors (Lipinski definition) is 1. The minimum atomic E-state index is -0.408. The quantitative estimate of drug-likeness (QED) is 0.710. The van der Waals surface area contributed by atoms with Gasteiger partial charge in [0.15, 0.2) is 0 Å². The maximum atomic E-state index is 13.2. The number of piperazine rings is 1. The van der Waals surface area contributed by atoms with Crippen molar-refractivity contribution < 1.29 is 19.1 Å². The second kappa shape index (κ2) is 9.60. The smallest absolute Gasteiger partial charge is 0.254 e. The molecular weight excluding hydrogens is 431 g/mol. The lowest BCUT2D eigenvalue weighted by Gasteiger charge is -2.58. The predicted molar refractivity (Wildman–Crippen MR) is 126 cm³/mol. The standard InChI is InChI=1S/C28H29FN2O3/c29-23-14-12-22(13-15-23)28(34)30-16-24-27(25(18-32)31(24)26(33)17-30)21-10-8-20(9-11-21)7-3-6-19-4-1-2-5-19/h8-15,19,24-25,27,32H,1-2,4-6,16-18H2/t24-,25-,27+/m0/s1. The van der Waals surface area contributed by atoms with E-state index in [0.717, 1.165) is 23.5 Å². The van der Waals surface area contributed by atoms with Gasteiger partial charge in [0.1, 0.15) is 12.4 Å². The summed E-state index contributed by atoms with van der Waals surface area (Å²) in [6.07, 6.45) is 6.17. The van der Waals surface area contributed by atoms with Crippen LogP contribution in [0.2, 0.25) is 0 Å². The highest BCUT2D eigenvalue weighted by Crippen LogP contribution is 2.43. The molecule has 176 valence electrons. The average Bonchev–Trinajstić information content (AvgIpc) is 3.35. The summed E-state index contributed by atoms with van der Waals surface area (Å²) in [5, 5.41) is 10.00. The van der Waals surface area contributed by atoms with Gasteiger partial charge in [-0.25, -0.2) is 4.39 Å². The zero-order chi connectivity index (χ0) is 23.7. The van der Waals surface area contributed by atoms with Crippen molar-refractivity contribution in [2.45, 2.75) is 50.1 Å².